The molecule has 17 heavy (non-hydrogen) atoms. The summed E-state index contributed by atoms with van der Waals surface area (Å²) in [4.78, 5) is 13.3. The summed E-state index contributed by atoms with van der Waals surface area (Å²) in [5, 5.41) is 0. The maximum atomic E-state index is 11.0. The van der Waals surface area contributed by atoms with Crippen LogP contribution in [0.15, 0.2) is 18.2 Å². The Labute approximate surface area is 104 Å². The van der Waals surface area contributed by atoms with E-state index in [0.717, 1.165) is 32.2 Å². The average Bonchev–Trinajstić information content (AvgIpc) is 2.25. The van der Waals surface area contributed by atoms with E-state index in [1.54, 1.807) is 0 Å². The molecule has 2 nitrogen and oxygen atoms in total. The molecule has 2 heteroatoms. The van der Waals surface area contributed by atoms with Crippen molar-refractivity contribution in [3.63, 3.8) is 0 Å². The van der Waals surface area contributed by atoms with Crippen LogP contribution in [0.1, 0.15) is 30.0 Å². The third-order valence-electron chi connectivity index (χ3n) is 3.82. The van der Waals surface area contributed by atoms with Crippen molar-refractivity contribution in [1.29, 1.82) is 0 Å². The van der Waals surface area contributed by atoms with Crippen molar-refractivity contribution in [3.05, 3.63) is 34.9 Å². The standard InChI is InChI=1S/C15H21NO/c1-12-8-13(2)10-14(9-12)4-6-16-7-5-15(16,3)11-17/h8-11H,4-7H2,1-3H3. The second-order valence-electron chi connectivity index (χ2n) is 5.46. The molecule has 1 unspecified atom stereocenters. The molecule has 0 radical (unpaired) electrons. The van der Waals surface area contributed by atoms with Gasteiger partial charge in [-0.25, -0.2) is 0 Å². The minimum Gasteiger partial charge on any atom is -0.301 e. The first-order valence-corrected chi connectivity index (χ1v) is 6.32. The molecule has 0 N–H and O–H groups in total. The second kappa shape index (κ2) is 4.61. The molecule has 1 atom stereocenters. The Morgan fingerprint density at radius 2 is 1.94 bits per heavy atom. The summed E-state index contributed by atoms with van der Waals surface area (Å²) >= 11 is 0. The van der Waals surface area contributed by atoms with Crippen molar-refractivity contribution in [3.8, 4) is 0 Å². The molecule has 92 valence electrons. The van der Waals surface area contributed by atoms with Gasteiger partial charge in [0.05, 0.1) is 5.54 Å². The van der Waals surface area contributed by atoms with Crippen molar-refractivity contribution in [1.82, 2.24) is 4.90 Å². The summed E-state index contributed by atoms with van der Waals surface area (Å²) < 4.78 is 0. The van der Waals surface area contributed by atoms with Crippen LogP contribution in [0.3, 0.4) is 0 Å². The number of benzene rings is 1. The van der Waals surface area contributed by atoms with E-state index in [2.05, 4.69) is 36.9 Å². The normalized spacial score (nSPS) is 24.4. The fraction of sp³-hybridized carbons (Fsp3) is 0.533. The lowest BCUT2D eigenvalue weighted by Gasteiger charge is -2.47. The van der Waals surface area contributed by atoms with Crippen molar-refractivity contribution >= 4 is 6.29 Å². The molecule has 0 bridgehead atoms. The first-order chi connectivity index (χ1) is 8.03. The van der Waals surface area contributed by atoms with Crippen molar-refractivity contribution < 1.29 is 4.79 Å². The van der Waals surface area contributed by atoms with E-state index in [1.807, 2.05) is 6.92 Å². The molecule has 1 fully saturated rings. The number of likely N-dealkylation sites (tertiary alicyclic amines) is 1. The summed E-state index contributed by atoms with van der Waals surface area (Å²) in [6.45, 7) is 8.34. The van der Waals surface area contributed by atoms with Crippen molar-refractivity contribution in [2.45, 2.75) is 39.2 Å². The zero-order valence-corrected chi connectivity index (χ0v) is 11.0. The van der Waals surface area contributed by atoms with Gasteiger partial charge in [-0.05, 0) is 39.2 Å². The Morgan fingerprint density at radius 3 is 2.41 bits per heavy atom. The minimum absolute atomic E-state index is 0.196. The zero-order valence-electron chi connectivity index (χ0n) is 11.0. The average molecular weight is 231 g/mol. The molecule has 1 aliphatic rings. The lowest BCUT2D eigenvalue weighted by molar-refractivity contribution is -0.125. The Hall–Kier alpha value is -1.15. The highest BCUT2D eigenvalue weighted by molar-refractivity contribution is 5.65. The molecule has 1 aromatic rings. The van der Waals surface area contributed by atoms with Crippen LogP contribution in [-0.4, -0.2) is 29.8 Å². The monoisotopic (exact) mass is 231 g/mol. The molecule has 1 aliphatic heterocycles. The van der Waals surface area contributed by atoms with Gasteiger partial charge in [-0.2, -0.15) is 0 Å². The number of aryl methyl sites for hydroxylation is 2. The van der Waals surface area contributed by atoms with Gasteiger partial charge in [0, 0.05) is 13.1 Å². The third kappa shape index (κ3) is 2.58. The van der Waals surface area contributed by atoms with Crippen LogP contribution in [0.4, 0.5) is 0 Å². The number of carbonyl (C=O) groups is 1. The highest BCUT2D eigenvalue weighted by atomic mass is 16.1. The number of nitrogens with zero attached hydrogens (tertiary/aromatic N) is 1. The third-order valence-corrected chi connectivity index (χ3v) is 3.82. The molecular formula is C15H21NO. The Kier molecular flexibility index (Phi) is 3.34. The molecule has 0 amide bonds. The summed E-state index contributed by atoms with van der Waals surface area (Å²) in [7, 11) is 0. The molecule has 1 aromatic carbocycles. The predicted molar refractivity (Wildman–Crippen MR) is 70.3 cm³/mol. The highest BCUT2D eigenvalue weighted by Crippen LogP contribution is 2.28. The van der Waals surface area contributed by atoms with E-state index in [1.165, 1.54) is 16.7 Å². The van der Waals surface area contributed by atoms with Crippen LogP contribution in [-0.2, 0) is 11.2 Å². The van der Waals surface area contributed by atoms with E-state index < -0.39 is 0 Å². The van der Waals surface area contributed by atoms with E-state index in [4.69, 9.17) is 0 Å². The molecular weight excluding hydrogens is 210 g/mol. The van der Waals surface area contributed by atoms with Gasteiger partial charge in [-0.15, -0.1) is 0 Å². The zero-order chi connectivity index (χ0) is 12.5. The summed E-state index contributed by atoms with van der Waals surface area (Å²) in [5.74, 6) is 0. The van der Waals surface area contributed by atoms with Crippen LogP contribution in [0, 0.1) is 13.8 Å². The maximum Gasteiger partial charge on any atom is 0.140 e. The van der Waals surface area contributed by atoms with Crippen molar-refractivity contribution in [2.75, 3.05) is 13.1 Å². The van der Waals surface area contributed by atoms with Crippen molar-refractivity contribution in [2.24, 2.45) is 0 Å². The fourth-order valence-electron chi connectivity index (χ4n) is 2.60. The van der Waals surface area contributed by atoms with E-state index in [9.17, 15) is 4.79 Å². The molecule has 1 saturated heterocycles. The molecule has 2 rings (SSSR count). The van der Waals surface area contributed by atoms with Gasteiger partial charge in [0.15, 0.2) is 0 Å². The number of aldehydes is 1. The summed E-state index contributed by atoms with van der Waals surface area (Å²) in [5.41, 5.74) is 3.82. The minimum atomic E-state index is -0.196. The number of carbonyl (C=O) groups excluding carboxylic acids is 1. The van der Waals surface area contributed by atoms with Gasteiger partial charge in [0.25, 0.3) is 0 Å². The molecule has 1 heterocycles. The summed E-state index contributed by atoms with van der Waals surface area (Å²) in [6, 6.07) is 6.68. The fourth-order valence-corrected chi connectivity index (χ4v) is 2.60. The first kappa shape index (κ1) is 12.3. The largest absolute Gasteiger partial charge is 0.301 e. The first-order valence-electron chi connectivity index (χ1n) is 6.32. The van der Waals surface area contributed by atoms with Gasteiger partial charge < -0.3 is 4.79 Å². The smallest absolute Gasteiger partial charge is 0.140 e. The van der Waals surface area contributed by atoms with E-state index in [-0.39, 0.29) is 5.54 Å². The topological polar surface area (TPSA) is 20.3 Å². The van der Waals surface area contributed by atoms with Gasteiger partial charge >= 0.3 is 0 Å². The van der Waals surface area contributed by atoms with Gasteiger partial charge in [0.1, 0.15) is 6.29 Å². The molecule has 0 spiro atoms. The van der Waals surface area contributed by atoms with E-state index >= 15 is 0 Å². The SMILES string of the molecule is Cc1cc(C)cc(CCN2CCC2(C)C=O)c1. The Bertz CT molecular complexity index is 407. The molecule has 0 aromatic heterocycles. The van der Waals surface area contributed by atoms with E-state index in [0.29, 0.717) is 0 Å². The molecule has 0 saturated carbocycles. The highest BCUT2D eigenvalue weighted by Gasteiger charge is 2.39. The second-order valence-corrected chi connectivity index (χ2v) is 5.46. The molecule has 0 aliphatic carbocycles. The maximum absolute atomic E-state index is 11.0. The van der Waals surface area contributed by atoms with Crippen LogP contribution >= 0.6 is 0 Å². The summed E-state index contributed by atoms with van der Waals surface area (Å²) in [6.07, 6.45) is 3.13. The number of hydrogen-bond donors (Lipinski definition) is 0. The lowest BCUT2D eigenvalue weighted by atomic mass is 9.88. The lowest BCUT2D eigenvalue weighted by Crippen LogP contribution is -2.59. The predicted octanol–water partition coefficient (Wildman–Crippen LogP) is 2.51. The van der Waals surface area contributed by atoms with Gasteiger partial charge in [0.2, 0.25) is 0 Å². The van der Waals surface area contributed by atoms with Gasteiger partial charge in [-0.1, -0.05) is 29.3 Å². The van der Waals surface area contributed by atoms with Crippen LogP contribution in [0.25, 0.3) is 0 Å². The van der Waals surface area contributed by atoms with Crippen LogP contribution in [0.5, 0.6) is 0 Å². The Morgan fingerprint density at radius 1 is 1.29 bits per heavy atom. The Balaban J connectivity index is 1.96. The number of rotatable bonds is 4. The van der Waals surface area contributed by atoms with Crippen LogP contribution in [0.2, 0.25) is 0 Å². The quantitative estimate of drug-likeness (QED) is 0.742. The van der Waals surface area contributed by atoms with Gasteiger partial charge in [-0.3, -0.25) is 4.90 Å². The van der Waals surface area contributed by atoms with Crippen LogP contribution < -0.4 is 0 Å². The number of hydrogen-bond acceptors (Lipinski definition) is 2.